The summed E-state index contributed by atoms with van der Waals surface area (Å²) in [5.74, 6) is 0. The average molecular weight is 330 g/mol. The second-order valence-corrected chi connectivity index (χ2v) is 7.54. The third kappa shape index (κ3) is 4.31. The average Bonchev–Trinajstić information content (AvgIpc) is 2.25. The highest BCUT2D eigenvalue weighted by Crippen LogP contribution is 2.27. The standard InChI is InChI=1S/C10H11Cl3N2O2S/c1-7-3-5-9(6-4-7)18(16,17)15-14-8(2)10(11,12)13/h3-6,15H,1-2H3/b14-8+. The van der Waals surface area contributed by atoms with Gasteiger partial charge in [0.25, 0.3) is 10.0 Å². The number of hydrogen-bond donors (Lipinski definition) is 1. The van der Waals surface area contributed by atoms with Gasteiger partial charge in [-0.3, -0.25) is 0 Å². The minimum Gasteiger partial charge on any atom is -0.200 e. The van der Waals surface area contributed by atoms with Gasteiger partial charge in [-0.1, -0.05) is 52.5 Å². The molecule has 0 saturated heterocycles. The molecule has 0 radical (unpaired) electrons. The van der Waals surface area contributed by atoms with Gasteiger partial charge in [0, 0.05) is 0 Å². The Morgan fingerprint density at radius 3 is 2.17 bits per heavy atom. The van der Waals surface area contributed by atoms with E-state index in [2.05, 4.69) is 5.10 Å². The minimum absolute atomic E-state index is 0.0307. The van der Waals surface area contributed by atoms with Crippen LogP contribution in [0.1, 0.15) is 12.5 Å². The summed E-state index contributed by atoms with van der Waals surface area (Å²) in [4.78, 5) is 2.10. The molecule has 4 nitrogen and oxygen atoms in total. The molecule has 0 bridgehead atoms. The lowest BCUT2D eigenvalue weighted by Gasteiger charge is -2.10. The molecule has 1 aromatic rings. The molecule has 100 valence electrons. The number of nitrogens with one attached hydrogen (secondary N) is 1. The van der Waals surface area contributed by atoms with E-state index in [1.165, 1.54) is 19.1 Å². The number of hydrogen-bond acceptors (Lipinski definition) is 3. The van der Waals surface area contributed by atoms with E-state index in [-0.39, 0.29) is 10.6 Å². The molecule has 0 saturated carbocycles. The minimum atomic E-state index is -3.75. The van der Waals surface area contributed by atoms with E-state index in [9.17, 15) is 8.42 Å². The van der Waals surface area contributed by atoms with E-state index in [0.29, 0.717) is 0 Å². The Hall–Kier alpha value is -0.490. The SMILES string of the molecule is C/C(=N\NS(=O)(=O)c1ccc(C)cc1)C(Cl)(Cl)Cl. The fraction of sp³-hybridized carbons (Fsp3) is 0.300. The molecule has 0 atom stereocenters. The highest BCUT2D eigenvalue weighted by Gasteiger charge is 2.25. The fourth-order valence-corrected chi connectivity index (χ4v) is 1.95. The number of sulfonamides is 1. The van der Waals surface area contributed by atoms with Gasteiger partial charge in [0.2, 0.25) is 3.79 Å². The summed E-state index contributed by atoms with van der Waals surface area (Å²) in [5.41, 5.74) is 0.984. The van der Waals surface area contributed by atoms with Gasteiger partial charge >= 0.3 is 0 Å². The first-order chi connectivity index (χ1) is 8.13. The molecule has 0 aliphatic carbocycles. The number of hydrazone groups is 1. The molecule has 1 N–H and O–H groups in total. The van der Waals surface area contributed by atoms with Gasteiger partial charge in [-0.05, 0) is 26.0 Å². The third-order valence-corrected chi connectivity index (χ3v) is 4.12. The molecule has 0 aliphatic heterocycles. The monoisotopic (exact) mass is 328 g/mol. The maximum atomic E-state index is 11.8. The van der Waals surface area contributed by atoms with Gasteiger partial charge in [0.15, 0.2) is 0 Å². The first kappa shape index (κ1) is 15.6. The van der Waals surface area contributed by atoms with Crippen LogP contribution >= 0.6 is 34.8 Å². The van der Waals surface area contributed by atoms with E-state index in [1.54, 1.807) is 12.1 Å². The molecule has 0 heterocycles. The molecule has 8 heteroatoms. The smallest absolute Gasteiger partial charge is 0.200 e. The van der Waals surface area contributed by atoms with E-state index in [1.807, 2.05) is 11.8 Å². The third-order valence-electron chi connectivity index (χ3n) is 2.08. The highest BCUT2D eigenvalue weighted by molar-refractivity contribution is 7.89. The zero-order valence-electron chi connectivity index (χ0n) is 9.62. The van der Waals surface area contributed by atoms with E-state index < -0.39 is 13.8 Å². The number of rotatable bonds is 3. The van der Waals surface area contributed by atoms with Gasteiger partial charge in [0.05, 0.1) is 10.6 Å². The fourth-order valence-electron chi connectivity index (χ4n) is 0.962. The summed E-state index contributed by atoms with van der Waals surface area (Å²) in [5, 5.41) is 3.55. The molecule has 18 heavy (non-hydrogen) atoms. The van der Waals surface area contributed by atoms with E-state index in [4.69, 9.17) is 34.8 Å². The van der Waals surface area contributed by atoms with E-state index >= 15 is 0 Å². The zero-order valence-corrected chi connectivity index (χ0v) is 12.7. The molecule has 1 aromatic carbocycles. The van der Waals surface area contributed by atoms with Gasteiger partial charge in [-0.15, -0.1) is 0 Å². The van der Waals surface area contributed by atoms with Crippen molar-refractivity contribution in [3.05, 3.63) is 29.8 Å². The summed E-state index contributed by atoms with van der Waals surface area (Å²) in [6, 6.07) is 6.30. The first-order valence-corrected chi connectivity index (χ1v) is 7.44. The number of aryl methyl sites for hydroxylation is 1. The number of halogens is 3. The largest absolute Gasteiger partial charge is 0.276 e. The van der Waals surface area contributed by atoms with Crippen LogP contribution in [-0.4, -0.2) is 17.9 Å². The van der Waals surface area contributed by atoms with Crippen molar-refractivity contribution in [2.45, 2.75) is 22.5 Å². The second-order valence-electron chi connectivity index (χ2n) is 3.60. The van der Waals surface area contributed by atoms with Gasteiger partial charge in [0.1, 0.15) is 0 Å². The lowest BCUT2D eigenvalue weighted by molar-refractivity contribution is 0.584. The second kappa shape index (κ2) is 5.65. The number of nitrogens with zero attached hydrogens (tertiary/aromatic N) is 1. The normalized spacial score (nSPS) is 13.5. The summed E-state index contributed by atoms with van der Waals surface area (Å²) < 4.78 is 21.9. The highest BCUT2D eigenvalue weighted by atomic mass is 35.6. The summed E-state index contributed by atoms with van der Waals surface area (Å²) in [6.45, 7) is 3.26. The van der Waals surface area contributed by atoms with Crippen molar-refractivity contribution in [1.29, 1.82) is 0 Å². The zero-order chi connectivity index (χ0) is 14.0. The quantitative estimate of drug-likeness (QED) is 0.526. The molecule has 0 unspecified atom stereocenters. The molecular formula is C10H11Cl3N2O2S. The molecule has 0 amide bonds. The van der Waals surface area contributed by atoms with Gasteiger partial charge in [-0.2, -0.15) is 18.4 Å². The molecule has 0 aliphatic rings. The molecule has 1 rings (SSSR count). The topological polar surface area (TPSA) is 58.5 Å². The summed E-state index contributed by atoms with van der Waals surface area (Å²) >= 11 is 16.6. The van der Waals surface area contributed by atoms with Crippen LogP contribution in [0.4, 0.5) is 0 Å². The molecular weight excluding hydrogens is 319 g/mol. The van der Waals surface area contributed by atoms with Crippen LogP contribution in [0, 0.1) is 6.92 Å². The van der Waals surface area contributed by atoms with Crippen LogP contribution < -0.4 is 4.83 Å². The molecule has 0 fully saturated rings. The molecule has 0 spiro atoms. The summed E-state index contributed by atoms with van der Waals surface area (Å²) in [6.07, 6.45) is 0. The summed E-state index contributed by atoms with van der Waals surface area (Å²) in [7, 11) is -3.75. The lowest BCUT2D eigenvalue weighted by Crippen LogP contribution is -2.24. The van der Waals surface area contributed by atoms with Crippen molar-refractivity contribution in [3.8, 4) is 0 Å². The van der Waals surface area contributed by atoms with E-state index in [0.717, 1.165) is 5.56 Å². The van der Waals surface area contributed by atoms with Crippen LogP contribution in [0.3, 0.4) is 0 Å². The Balaban J connectivity index is 2.94. The van der Waals surface area contributed by atoms with Crippen molar-refractivity contribution in [1.82, 2.24) is 4.83 Å². The number of alkyl halides is 3. The maximum absolute atomic E-state index is 11.8. The Kier molecular flexibility index (Phi) is 4.89. The lowest BCUT2D eigenvalue weighted by atomic mass is 10.2. The van der Waals surface area contributed by atoms with Crippen LogP contribution in [0.25, 0.3) is 0 Å². The van der Waals surface area contributed by atoms with Crippen molar-refractivity contribution >= 4 is 50.5 Å². The predicted octanol–water partition coefficient (Wildman–Crippen LogP) is 3.02. The first-order valence-electron chi connectivity index (χ1n) is 4.83. The van der Waals surface area contributed by atoms with Crippen LogP contribution in [0.5, 0.6) is 0 Å². The number of benzene rings is 1. The van der Waals surface area contributed by atoms with Crippen LogP contribution in [0.15, 0.2) is 34.3 Å². The Labute approximate surface area is 121 Å². The predicted molar refractivity (Wildman–Crippen MR) is 74.9 cm³/mol. The van der Waals surface area contributed by atoms with Crippen molar-refractivity contribution in [2.24, 2.45) is 5.10 Å². The van der Waals surface area contributed by atoms with Crippen molar-refractivity contribution < 1.29 is 8.42 Å². The van der Waals surface area contributed by atoms with Gasteiger partial charge in [-0.25, -0.2) is 0 Å². The Bertz CT molecular complexity index is 547. The van der Waals surface area contributed by atoms with Crippen molar-refractivity contribution in [2.75, 3.05) is 0 Å². The maximum Gasteiger partial charge on any atom is 0.276 e. The van der Waals surface area contributed by atoms with Crippen LogP contribution in [0.2, 0.25) is 0 Å². The molecule has 0 aromatic heterocycles. The Morgan fingerprint density at radius 1 is 1.22 bits per heavy atom. The Morgan fingerprint density at radius 2 is 1.72 bits per heavy atom. The van der Waals surface area contributed by atoms with Crippen LogP contribution in [-0.2, 0) is 10.0 Å². The van der Waals surface area contributed by atoms with Gasteiger partial charge < -0.3 is 0 Å². The van der Waals surface area contributed by atoms with Crippen molar-refractivity contribution in [3.63, 3.8) is 0 Å².